The molecule has 0 aliphatic rings. The van der Waals surface area contributed by atoms with E-state index in [1.165, 1.54) is 12.1 Å². The van der Waals surface area contributed by atoms with Crippen LogP contribution in [0.25, 0.3) is 0 Å². The maximum absolute atomic E-state index is 13.5. The van der Waals surface area contributed by atoms with Crippen LogP contribution >= 0.6 is 0 Å². The van der Waals surface area contributed by atoms with E-state index in [1.807, 2.05) is 6.92 Å². The van der Waals surface area contributed by atoms with Gasteiger partial charge in [-0.2, -0.15) is 0 Å². The average molecular weight is 606 g/mol. The number of sulfonamides is 1. The predicted octanol–water partition coefficient (Wildman–Crippen LogP) is 4.78. The molecule has 43 heavy (non-hydrogen) atoms. The van der Waals surface area contributed by atoms with Crippen molar-refractivity contribution in [2.45, 2.75) is 17.9 Å². The second-order valence-corrected chi connectivity index (χ2v) is 10.7. The molecule has 0 saturated carbocycles. The highest BCUT2D eigenvalue weighted by Crippen LogP contribution is 2.32. The first-order valence-electron chi connectivity index (χ1n) is 12.8. The number of phenolic OH excluding ortho intramolecular Hbond substituents is 1. The number of nitrogens with one attached hydrogen (secondary N) is 3. The Morgan fingerprint density at radius 2 is 1.53 bits per heavy atom. The van der Waals surface area contributed by atoms with Gasteiger partial charge in [-0.25, -0.2) is 18.0 Å². The Hall–Kier alpha value is -5.56. The average Bonchev–Trinajstić information content (AvgIpc) is 2.98. The minimum Gasteiger partial charge on any atom is -0.506 e. The Morgan fingerprint density at radius 3 is 2.14 bits per heavy atom. The third kappa shape index (κ3) is 7.21. The maximum Gasteiger partial charge on any atom is 0.339 e. The van der Waals surface area contributed by atoms with Gasteiger partial charge in [-0.1, -0.05) is 36.4 Å². The first-order valence-corrected chi connectivity index (χ1v) is 14.3. The number of amides is 1. The van der Waals surface area contributed by atoms with Gasteiger partial charge >= 0.3 is 11.9 Å². The highest BCUT2D eigenvalue weighted by atomic mass is 32.2. The van der Waals surface area contributed by atoms with Crippen molar-refractivity contribution in [2.75, 3.05) is 22.0 Å². The summed E-state index contributed by atoms with van der Waals surface area (Å²) in [5, 5.41) is 35.0. The minimum atomic E-state index is -4.64. The van der Waals surface area contributed by atoms with E-state index in [1.54, 1.807) is 54.6 Å². The van der Waals surface area contributed by atoms with Gasteiger partial charge in [0.2, 0.25) is 0 Å². The lowest BCUT2D eigenvalue weighted by atomic mass is 10.0. The maximum atomic E-state index is 13.5. The van der Waals surface area contributed by atoms with Gasteiger partial charge in [0.1, 0.15) is 28.0 Å². The standard InChI is InChI=1S/C30H27N3O9S/c1-2-42-21-14-12-20(13-15-21)31-28(35)27(18-7-4-3-5-8-18)32-23-9-6-10-25(26(23)30(38)39)43(40,41)33-22-16-11-19(29(36)37)17-24(22)34/h3-17,27,32-34H,2H2,1H3,(H,31,35)(H,36,37)(H,38,39). The molecule has 0 bridgehead atoms. The summed E-state index contributed by atoms with van der Waals surface area (Å²) >= 11 is 0. The zero-order valence-electron chi connectivity index (χ0n) is 22.6. The zero-order chi connectivity index (χ0) is 31.1. The Balaban J connectivity index is 1.69. The number of ether oxygens (including phenoxy) is 1. The number of aromatic carboxylic acids is 2. The predicted molar refractivity (Wildman–Crippen MR) is 158 cm³/mol. The van der Waals surface area contributed by atoms with Gasteiger partial charge in [-0.05, 0) is 67.1 Å². The number of carboxylic acids is 2. The van der Waals surface area contributed by atoms with Crippen LogP contribution in [-0.4, -0.2) is 48.2 Å². The summed E-state index contributed by atoms with van der Waals surface area (Å²) in [4.78, 5) is 36.4. The quantitative estimate of drug-likeness (QED) is 0.123. The molecule has 4 aromatic rings. The monoisotopic (exact) mass is 605 g/mol. The fraction of sp³-hybridized carbons (Fsp3) is 0.100. The zero-order valence-corrected chi connectivity index (χ0v) is 23.5. The molecule has 0 spiro atoms. The van der Waals surface area contributed by atoms with Crippen molar-refractivity contribution in [3.63, 3.8) is 0 Å². The van der Waals surface area contributed by atoms with Gasteiger partial charge in [0.05, 0.1) is 23.5 Å². The smallest absolute Gasteiger partial charge is 0.339 e. The van der Waals surface area contributed by atoms with Crippen LogP contribution in [0.4, 0.5) is 17.1 Å². The molecule has 0 saturated heterocycles. The van der Waals surface area contributed by atoms with Gasteiger partial charge in [-0.15, -0.1) is 0 Å². The van der Waals surface area contributed by atoms with Crippen LogP contribution in [0, 0.1) is 0 Å². The molecule has 0 aromatic heterocycles. The Kier molecular flexibility index (Phi) is 9.16. The lowest BCUT2D eigenvalue weighted by Crippen LogP contribution is -2.28. The van der Waals surface area contributed by atoms with Crippen molar-refractivity contribution < 1.29 is 42.9 Å². The third-order valence-corrected chi connectivity index (χ3v) is 7.55. The van der Waals surface area contributed by atoms with Crippen LogP contribution in [0.15, 0.2) is 95.9 Å². The summed E-state index contributed by atoms with van der Waals surface area (Å²) in [6.07, 6.45) is 0. The van der Waals surface area contributed by atoms with Gasteiger partial charge in [0.25, 0.3) is 15.9 Å². The number of carboxylic acid groups (broad SMARTS) is 2. The van der Waals surface area contributed by atoms with E-state index in [0.29, 0.717) is 23.6 Å². The van der Waals surface area contributed by atoms with E-state index >= 15 is 0 Å². The van der Waals surface area contributed by atoms with Crippen LogP contribution in [0.1, 0.15) is 39.2 Å². The lowest BCUT2D eigenvalue weighted by Gasteiger charge is -2.22. The second kappa shape index (κ2) is 13.0. The molecule has 13 heteroatoms. The molecule has 0 aliphatic heterocycles. The summed E-state index contributed by atoms with van der Waals surface area (Å²) in [6.45, 7) is 2.32. The minimum absolute atomic E-state index is 0.170. The van der Waals surface area contributed by atoms with Crippen LogP contribution in [0.5, 0.6) is 11.5 Å². The SMILES string of the molecule is CCOc1ccc(NC(=O)C(Nc2cccc(S(=O)(=O)Nc3ccc(C(=O)O)cc3O)c2C(=O)O)c2ccccc2)cc1. The normalized spacial score (nSPS) is 11.7. The molecule has 12 nitrogen and oxygen atoms in total. The molecule has 0 aliphatic carbocycles. The summed E-state index contributed by atoms with van der Waals surface area (Å²) in [6, 6.07) is 20.6. The number of hydrogen-bond donors (Lipinski definition) is 6. The highest BCUT2D eigenvalue weighted by Gasteiger charge is 2.29. The molecule has 1 atom stereocenters. The van der Waals surface area contributed by atoms with Crippen LogP contribution in [-0.2, 0) is 14.8 Å². The topological polar surface area (TPSA) is 191 Å². The summed E-state index contributed by atoms with van der Waals surface area (Å²) in [5.41, 5.74) is -0.561. The third-order valence-electron chi connectivity index (χ3n) is 6.15. The number of aromatic hydroxyl groups is 1. The molecular weight excluding hydrogens is 578 g/mol. The number of phenols is 1. The van der Waals surface area contributed by atoms with Crippen molar-refractivity contribution in [3.8, 4) is 11.5 Å². The van der Waals surface area contributed by atoms with E-state index in [0.717, 1.165) is 24.3 Å². The van der Waals surface area contributed by atoms with E-state index in [2.05, 4.69) is 15.4 Å². The highest BCUT2D eigenvalue weighted by molar-refractivity contribution is 7.92. The van der Waals surface area contributed by atoms with Gasteiger partial charge in [-0.3, -0.25) is 9.52 Å². The molecule has 1 unspecified atom stereocenters. The van der Waals surface area contributed by atoms with Crippen molar-refractivity contribution in [1.29, 1.82) is 0 Å². The van der Waals surface area contributed by atoms with Crippen molar-refractivity contribution in [1.82, 2.24) is 0 Å². The van der Waals surface area contributed by atoms with Crippen LogP contribution < -0.4 is 20.1 Å². The Morgan fingerprint density at radius 1 is 0.837 bits per heavy atom. The number of carbonyl (C=O) groups is 3. The number of anilines is 3. The van der Waals surface area contributed by atoms with Gasteiger partial charge < -0.3 is 30.7 Å². The van der Waals surface area contributed by atoms with Crippen LogP contribution in [0.2, 0.25) is 0 Å². The fourth-order valence-corrected chi connectivity index (χ4v) is 5.46. The van der Waals surface area contributed by atoms with E-state index in [4.69, 9.17) is 9.84 Å². The number of carbonyl (C=O) groups excluding carboxylic acids is 1. The lowest BCUT2D eigenvalue weighted by molar-refractivity contribution is -0.117. The number of rotatable bonds is 12. The van der Waals surface area contributed by atoms with Crippen LogP contribution in [0.3, 0.4) is 0 Å². The molecule has 0 radical (unpaired) electrons. The van der Waals surface area contributed by atoms with E-state index < -0.39 is 50.1 Å². The molecule has 4 rings (SSSR count). The summed E-state index contributed by atoms with van der Waals surface area (Å²) in [5.74, 6) is -3.56. The Bertz CT molecular complexity index is 1760. The summed E-state index contributed by atoms with van der Waals surface area (Å²) < 4.78 is 34.2. The molecular formula is C30H27N3O9S. The van der Waals surface area contributed by atoms with Crippen molar-refractivity contribution >= 4 is 44.9 Å². The second-order valence-electron chi connectivity index (χ2n) is 9.06. The fourth-order valence-electron chi connectivity index (χ4n) is 4.16. The van der Waals surface area contributed by atoms with Gasteiger partial charge in [0, 0.05) is 5.69 Å². The number of benzene rings is 4. The molecule has 1 amide bonds. The summed E-state index contributed by atoms with van der Waals surface area (Å²) in [7, 11) is -4.64. The number of hydrogen-bond acceptors (Lipinski definition) is 8. The largest absolute Gasteiger partial charge is 0.506 e. The first-order chi connectivity index (χ1) is 20.5. The Labute approximate surface area is 246 Å². The molecule has 222 valence electrons. The van der Waals surface area contributed by atoms with E-state index in [9.17, 15) is 33.0 Å². The van der Waals surface area contributed by atoms with Crippen molar-refractivity contribution in [3.05, 3.63) is 108 Å². The molecule has 0 heterocycles. The molecule has 0 fully saturated rings. The molecule has 6 N–H and O–H groups in total. The first kappa shape index (κ1) is 30.4. The van der Waals surface area contributed by atoms with E-state index in [-0.39, 0.29) is 16.9 Å². The van der Waals surface area contributed by atoms with Crippen molar-refractivity contribution in [2.24, 2.45) is 0 Å². The molecule has 4 aromatic carbocycles. The van der Waals surface area contributed by atoms with Gasteiger partial charge in [0.15, 0.2) is 0 Å².